The van der Waals surface area contributed by atoms with Crippen molar-refractivity contribution in [3.63, 3.8) is 0 Å². The Morgan fingerprint density at radius 2 is 1.80 bits per heavy atom. The summed E-state index contributed by atoms with van der Waals surface area (Å²) in [6, 6.07) is -4.08. The lowest BCUT2D eigenvalue weighted by Crippen LogP contribution is -2.58. The molecule has 5 unspecified atom stereocenters. The van der Waals surface area contributed by atoms with E-state index in [1.807, 2.05) is 6.92 Å². The minimum atomic E-state index is -1.22. The molecule has 0 aliphatic carbocycles. The number of nitrogens with zero attached hydrogens (tertiary/aromatic N) is 2. The minimum Gasteiger partial charge on any atom is -0.480 e. The second kappa shape index (κ2) is 14.6. The van der Waals surface area contributed by atoms with Crippen LogP contribution in [0.3, 0.4) is 0 Å². The number of nitrogens with one attached hydrogen (secondary N) is 4. The highest BCUT2D eigenvalue weighted by molar-refractivity contribution is 5.94. The fourth-order valence-electron chi connectivity index (χ4n) is 3.11. The van der Waals surface area contributed by atoms with E-state index in [1.165, 1.54) is 13.3 Å². The van der Waals surface area contributed by atoms with Gasteiger partial charge in [-0.15, -0.1) is 0 Å². The lowest BCUT2D eigenvalue weighted by Gasteiger charge is -2.27. The number of H-pyrrole nitrogens is 1. The maximum Gasteiger partial charge on any atom is 0.326 e. The van der Waals surface area contributed by atoms with E-state index in [0.29, 0.717) is 18.5 Å². The molecule has 0 aliphatic heterocycles. The normalized spacial score (nSPS) is 15.1. The summed E-state index contributed by atoms with van der Waals surface area (Å²) in [5.41, 5.74) is 17.1. The number of carbonyl (C=O) groups excluding carboxylic acids is 3. The Morgan fingerprint density at radius 1 is 1.11 bits per heavy atom. The summed E-state index contributed by atoms with van der Waals surface area (Å²) in [4.78, 5) is 60.1. The highest BCUT2D eigenvalue weighted by Gasteiger charge is 2.31. The molecule has 11 N–H and O–H groups in total. The summed E-state index contributed by atoms with van der Waals surface area (Å²) in [7, 11) is 0. The molecule has 1 heterocycles. The van der Waals surface area contributed by atoms with Crippen molar-refractivity contribution in [3.8, 4) is 0 Å². The van der Waals surface area contributed by atoms with Crippen molar-refractivity contribution < 1.29 is 24.3 Å². The molecule has 0 saturated heterocycles. The molecule has 0 aliphatic rings. The number of hydrogen-bond acceptors (Lipinski definition) is 7. The summed E-state index contributed by atoms with van der Waals surface area (Å²) in [6.07, 6.45) is 4.18. The quantitative estimate of drug-likeness (QED) is 0.0756. The molecule has 0 aromatic carbocycles. The number of aromatic nitrogens is 2. The lowest BCUT2D eigenvalue weighted by molar-refractivity contribution is -0.142. The first-order valence-electron chi connectivity index (χ1n) is 11.4. The summed E-state index contributed by atoms with van der Waals surface area (Å²) < 4.78 is 0. The van der Waals surface area contributed by atoms with Gasteiger partial charge in [0.05, 0.1) is 12.4 Å². The number of nitrogens with two attached hydrogens (primary N) is 3. The van der Waals surface area contributed by atoms with Crippen LogP contribution in [0, 0.1) is 5.92 Å². The van der Waals surface area contributed by atoms with Crippen LogP contribution in [0.25, 0.3) is 0 Å². The molecule has 35 heavy (non-hydrogen) atoms. The van der Waals surface area contributed by atoms with Gasteiger partial charge in [-0.1, -0.05) is 20.3 Å². The molecule has 196 valence electrons. The van der Waals surface area contributed by atoms with Crippen molar-refractivity contribution in [3.05, 3.63) is 18.2 Å². The van der Waals surface area contributed by atoms with E-state index in [1.54, 1.807) is 13.1 Å². The summed E-state index contributed by atoms with van der Waals surface area (Å²) in [6.45, 7) is 5.27. The van der Waals surface area contributed by atoms with Crippen LogP contribution in [0.15, 0.2) is 17.5 Å². The van der Waals surface area contributed by atoms with Crippen molar-refractivity contribution in [2.24, 2.45) is 28.1 Å². The molecule has 1 aromatic rings. The van der Waals surface area contributed by atoms with Crippen LogP contribution >= 0.6 is 0 Å². The number of hydrogen-bond donors (Lipinski definition) is 8. The first-order chi connectivity index (χ1) is 16.5. The Kier molecular flexibility index (Phi) is 12.2. The highest BCUT2D eigenvalue weighted by atomic mass is 16.4. The zero-order valence-corrected chi connectivity index (χ0v) is 20.3. The second-order valence-corrected chi connectivity index (χ2v) is 8.34. The Balaban J connectivity index is 2.74. The average Bonchev–Trinajstić information content (AvgIpc) is 3.31. The number of imidazole rings is 1. The van der Waals surface area contributed by atoms with Crippen molar-refractivity contribution in [2.45, 2.75) is 70.6 Å². The number of aromatic amines is 1. The molecule has 0 fully saturated rings. The van der Waals surface area contributed by atoms with Gasteiger partial charge in [0.15, 0.2) is 5.96 Å². The van der Waals surface area contributed by atoms with E-state index >= 15 is 0 Å². The molecule has 5 atom stereocenters. The van der Waals surface area contributed by atoms with Crippen molar-refractivity contribution >= 4 is 29.7 Å². The van der Waals surface area contributed by atoms with Crippen molar-refractivity contribution in [1.82, 2.24) is 25.9 Å². The van der Waals surface area contributed by atoms with Gasteiger partial charge >= 0.3 is 5.97 Å². The topological polar surface area (TPSA) is 244 Å². The van der Waals surface area contributed by atoms with E-state index in [9.17, 15) is 24.3 Å². The molecule has 0 bridgehead atoms. The molecule has 0 spiro atoms. The molecule has 0 saturated carbocycles. The van der Waals surface area contributed by atoms with Crippen LogP contribution in [0.4, 0.5) is 0 Å². The van der Waals surface area contributed by atoms with E-state index in [0.717, 1.165) is 0 Å². The van der Waals surface area contributed by atoms with Gasteiger partial charge in [0.2, 0.25) is 17.7 Å². The Labute approximate surface area is 203 Å². The van der Waals surface area contributed by atoms with Crippen LogP contribution in [0.2, 0.25) is 0 Å². The lowest BCUT2D eigenvalue weighted by atomic mass is 9.97. The maximum atomic E-state index is 12.9. The third kappa shape index (κ3) is 10.4. The molecule has 14 nitrogen and oxygen atoms in total. The zero-order valence-electron chi connectivity index (χ0n) is 20.3. The third-order valence-corrected chi connectivity index (χ3v) is 5.44. The van der Waals surface area contributed by atoms with E-state index < -0.39 is 47.9 Å². The number of rotatable bonds is 15. The van der Waals surface area contributed by atoms with Gasteiger partial charge in [-0.3, -0.25) is 19.4 Å². The predicted molar refractivity (Wildman–Crippen MR) is 129 cm³/mol. The van der Waals surface area contributed by atoms with Gasteiger partial charge in [-0.2, -0.15) is 0 Å². The first kappa shape index (κ1) is 29.4. The minimum absolute atomic E-state index is 0.0969. The fourth-order valence-corrected chi connectivity index (χ4v) is 3.11. The van der Waals surface area contributed by atoms with Gasteiger partial charge in [-0.25, -0.2) is 9.78 Å². The zero-order chi connectivity index (χ0) is 26.5. The van der Waals surface area contributed by atoms with Gasteiger partial charge in [-0.05, 0) is 25.7 Å². The molecule has 1 aromatic heterocycles. The molecule has 1 rings (SSSR count). The van der Waals surface area contributed by atoms with Crippen LogP contribution < -0.4 is 33.2 Å². The Hall–Kier alpha value is -3.68. The largest absolute Gasteiger partial charge is 0.480 e. The molecule has 3 amide bonds. The predicted octanol–water partition coefficient (Wildman–Crippen LogP) is -2.06. The maximum absolute atomic E-state index is 12.9. The van der Waals surface area contributed by atoms with Crippen molar-refractivity contribution in [2.75, 3.05) is 6.54 Å². The number of carbonyl (C=O) groups is 4. The Bertz CT molecular complexity index is 871. The molecular weight excluding hydrogens is 458 g/mol. The number of carboxylic acids is 1. The number of carboxylic acid groups (broad SMARTS) is 1. The van der Waals surface area contributed by atoms with E-state index in [2.05, 4.69) is 30.9 Å². The molecular formula is C21H37N9O5. The summed E-state index contributed by atoms with van der Waals surface area (Å²) >= 11 is 0. The number of aliphatic imine (C=N–C) groups is 1. The van der Waals surface area contributed by atoms with Gasteiger partial charge in [0.25, 0.3) is 0 Å². The second-order valence-electron chi connectivity index (χ2n) is 8.34. The van der Waals surface area contributed by atoms with E-state index in [-0.39, 0.29) is 31.3 Å². The SMILES string of the molecule is CCC(C)C(NC(=O)C(C)NC(=O)C(N)Cc1cnc[nH]1)C(=O)NC(CCCN=C(N)N)C(=O)O. The Morgan fingerprint density at radius 3 is 2.34 bits per heavy atom. The monoisotopic (exact) mass is 495 g/mol. The fraction of sp³-hybridized carbons (Fsp3) is 0.619. The van der Waals surface area contributed by atoms with Gasteiger partial charge < -0.3 is 43.2 Å². The third-order valence-electron chi connectivity index (χ3n) is 5.44. The van der Waals surface area contributed by atoms with Crippen LogP contribution in [-0.2, 0) is 25.6 Å². The number of guanidine groups is 1. The van der Waals surface area contributed by atoms with Crippen molar-refractivity contribution in [1.29, 1.82) is 0 Å². The van der Waals surface area contributed by atoms with Gasteiger partial charge in [0, 0.05) is 24.9 Å². The number of amides is 3. The molecule has 0 radical (unpaired) electrons. The summed E-state index contributed by atoms with van der Waals surface area (Å²) in [5.74, 6) is -3.42. The first-order valence-corrected chi connectivity index (χ1v) is 11.4. The highest BCUT2D eigenvalue weighted by Crippen LogP contribution is 2.10. The molecule has 14 heteroatoms. The van der Waals surface area contributed by atoms with Crippen LogP contribution in [-0.4, -0.2) is 75.4 Å². The smallest absolute Gasteiger partial charge is 0.326 e. The van der Waals surface area contributed by atoms with Crippen LogP contribution in [0.5, 0.6) is 0 Å². The number of aliphatic carboxylic acids is 1. The average molecular weight is 496 g/mol. The standard InChI is InChI=1S/C21H37N9O5/c1-4-11(2)16(19(33)29-15(20(34)35)6-5-7-26-21(23)24)30-17(31)12(3)28-18(32)14(22)8-13-9-25-10-27-13/h9-12,14-16H,4-8,22H2,1-3H3,(H,25,27)(H,28,32)(H,29,33)(H,30,31)(H,34,35)(H4,23,24,26). The van der Waals surface area contributed by atoms with Crippen LogP contribution in [0.1, 0.15) is 45.7 Å². The summed E-state index contributed by atoms with van der Waals surface area (Å²) in [5, 5.41) is 17.1. The van der Waals surface area contributed by atoms with Gasteiger partial charge in [0.1, 0.15) is 18.1 Å². The van der Waals surface area contributed by atoms with E-state index in [4.69, 9.17) is 17.2 Å².